The van der Waals surface area contributed by atoms with Gasteiger partial charge in [-0.3, -0.25) is 0 Å². The first-order chi connectivity index (χ1) is 15.8. The van der Waals surface area contributed by atoms with Crippen molar-refractivity contribution in [2.75, 3.05) is 13.2 Å². The molecule has 0 heterocycles. The Kier molecular flexibility index (Phi) is 11.1. The van der Waals surface area contributed by atoms with Crippen LogP contribution in [0.15, 0.2) is 36.4 Å². The molecule has 0 N–H and O–H groups in total. The molecule has 3 rings (SSSR count). The van der Waals surface area contributed by atoms with Crippen LogP contribution in [0.2, 0.25) is 0 Å². The second-order valence-corrected chi connectivity index (χ2v) is 9.92. The van der Waals surface area contributed by atoms with E-state index in [0.717, 1.165) is 49.4 Å². The van der Waals surface area contributed by atoms with Gasteiger partial charge in [0.1, 0.15) is 11.5 Å². The first-order valence-electron chi connectivity index (χ1n) is 13.3. The predicted molar refractivity (Wildman–Crippen MR) is 135 cm³/mol. The van der Waals surface area contributed by atoms with E-state index in [2.05, 4.69) is 37.8 Å². The third-order valence-electron chi connectivity index (χ3n) is 7.25. The Morgan fingerprint density at radius 2 is 1.47 bits per heavy atom. The van der Waals surface area contributed by atoms with Crippen LogP contribution in [0, 0.1) is 35.5 Å². The van der Waals surface area contributed by atoms with Crippen LogP contribution in [0.3, 0.4) is 0 Å². The lowest BCUT2D eigenvalue weighted by atomic mass is 9.80. The van der Waals surface area contributed by atoms with Gasteiger partial charge >= 0.3 is 0 Å². The minimum absolute atomic E-state index is 0.566. The van der Waals surface area contributed by atoms with E-state index in [1.54, 1.807) is 0 Å². The highest BCUT2D eigenvalue weighted by Crippen LogP contribution is 2.32. The molecule has 2 fully saturated rings. The second-order valence-electron chi connectivity index (χ2n) is 9.92. The van der Waals surface area contributed by atoms with Gasteiger partial charge in [-0.2, -0.15) is 0 Å². The van der Waals surface area contributed by atoms with E-state index in [1.807, 2.05) is 24.3 Å². The topological polar surface area (TPSA) is 18.5 Å². The van der Waals surface area contributed by atoms with Crippen LogP contribution in [0.25, 0.3) is 0 Å². The number of unbranched alkanes of at least 4 members (excludes halogenated alkanes) is 1. The molecule has 1 aromatic carbocycles. The van der Waals surface area contributed by atoms with E-state index < -0.39 is 0 Å². The zero-order valence-electron chi connectivity index (χ0n) is 20.5. The molecule has 32 heavy (non-hydrogen) atoms. The van der Waals surface area contributed by atoms with Gasteiger partial charge in [0.2, 0.25) is 0 Å². The molecular weight excluding hydrogens is 392 g/mol. The largest absolute Gasteiger partial charge is 0.494 e. The van der Waals surface area contributed by atoms with Crippen LogP contribution in [-0.2, 0) is 0 Å². The van der Waals surface area contributed by atoms with Crippen molar-refractivity contribution in [1.29, 1.82) is 0 Å². The van der Waals surface area contributed by atoms with Gasteiger partial charge in [-0.05, 0) is 106 Å². The van der Waals surface area contributed by atoms with Crippen LogP contribution in [0.4, 0.5) is 0 Å². The number of allylic oxidation sites excluding steroid dienone is 2. The van der Waals surface area contributed by atoms with Crippen molar-refractivity contribution in [2.45, 2.75) is 90.9 Å². The van der Waals surface area contributed by atoms with E-state index in [0.29, 0.717) is 11.8 Å². The Labute approximate surface area is 197 Å². The second kappa shape index (κ2) is 14.3. The average Bonchev–Trinajstić information content (AvgIpc) is 2.83. The van der Waals surface area contributed by atoms with Crippen molar-refractivity contribution in [3.05, 3.63) is 36.4 Å². The van der Waals surface area contributed by atoms with Crippen molar-refractivity contribution in [3.63, 3.8) is 0 Å². The molecule has 0 aliphatic heterocycles. The summed E-state index contributed by atoms with van der Waals surface area (Å²) in [5, 5.41) is 0. The van der Waals surface area contributed by atoms with Crippen molar-refractivity contribution >= 4 is 0 Å². The van der Waals surface area contributed by atoms with Gasteiger partial charge in [-0.25, -0.2) is 0 Å². The normalized spacial score (nSPS) is 25.8. The third kappa shape index (κ3) is 8.93. The number of rotatable bonds is 10. The third-order valence-corrected chi connectivity index (χ3v) is 7.25. The van der Waals surface area contributed by atoms with Gasteiger partial charge in [-0.15, -0.1) is 0 Å². The molecule has 2 saturated carbocycles. The van der Waals surface area contributed by atoms with E-state index in [1.165, 1.54) is 64.2 Å². The van der Waals surface area contributed by atoms with Gasteiger partial charge in [0.05, 0.1) is 13.2 Å². The number of benzene rings is 1. The molecule has 2 aliphatic rings. The van der Waals surface area contributed by atoms with Gasteiger partial charge < -0.3 is 9.47 Å². The maximum Gasteiger partial charge on any atom is 0.119 e. The molecule has 0 bridgehead atoms. The zero-order valence-corrected chi connectivity index (χ0v) is 20.5. The maximum atomic E-state index is 6.05. The lowest BCUT2D eigenvalue weighted by molar-refractivity contribution is 0.196. The molecule has 0 amide bonds. The first-order valence-corrected chi connectivity index (χ1v) is 13.3. The van der Waals surface area contributed by atoms with Gasteiger partial charge in [0.25, 0.3) is 0 Å². The summed E-state index contributed by atoms with van der Waals surface area (Å²) >= 11 is 0. The summed E-state index contributed by atoms with van der Waals surface area (Å²) in [4.78, 5) is 0. The fourth-order valence-corrected chi connectivity index (χ4v) is 5.08. The lowest BCUT2D eigenvalue weighted by Crippen LogP contribution is -2.19. The summed E-state index contributed by atoms with van der Waals surface area (Å²) in [7, 11) is 0. The molecule has 2 nitrogen and oxygen atoms in total. The SMILES string of the molecule is CCCCOc1ccc(OCC2CCC(C#CC=CC3CCC(CCC)CC3)CC2)cc1. The zero-order chi connectivity index (χ0) is 22.4. The summed E-state index contributed by atoms with van der Waals surface area (Å²) < 4.78 is 11.8. The van der Waals surface area contributed by atoms with Crippen LogP contribution < -0.4 is 9.47 Å². The van der Waals surface area contributed by atoms with Crippen LogP contribution in [0.1, 0.15) is 90.9 Å². The Morgan fingerprint density at radius 1 is 0.812 bits per heavy atom. The van der Waals surface area contributed by atoms with Crippen molar-refractivity contribution in [1.82, 2.24) is 0 Å². The van der Waals surface area contributed by atoms with E-state index in [9.17, 15) is 0 Å². The predicted octanol–water partition coefficient (Wildman–Crippen LogP) is 8.22. The highest BCUT2D eigenvalue weighted by atomic mass is 16.5. The minimum atomic E-state index is 0.566. The highest BCUT2D eigenvalue weighted by molar-refractivity contribution is 5.31. The molecule has 2 aliphatic carbocycles. The summed E-state index contributed by atoms with van der Waals surface area (Å²) in [6.07, 6.45) is 20.0. The Balaban J connectivity index is 1.29. The van der Waals surface area contributed by atoms with Crippen molar-refractivity contribution < 1.29 is 9.47 Å². The minimum Gasteiger partial charge on any atom is -0.494 e. The monoisotopic (exact) mass is 436 g/mol. The van der Waals surface area contributed by atoms with Crippen LogP contribution in [0.5, 0.6) is 11.5 Å². The van der Waals surface area contributed by atoms with E-state index in [4.69, 9.17) is 9.47 Å². The smallest absolute Gasteiger partial charge is 0.119 e. The lowest BCUT2D eigenvalue weighted by Gasteiger charge is -2.26. The molecule has 2 heteroatoms. The molecule has 0 unspecified atom stereocenters. The average molecular weight is 437 g/mol. The van der Waals surface area contributed by atoms with Gasteiger partial charge in [-0.1, -0.05) is 51.0 Å². The molecular formula is C30H44O2. The molecule has 0 radical (unpaired) electrons. The summed E-state index contributed by atoms with van der Waals surface area (Å²) in [6, 6.07) is 8.09. The molecule has 0 atom stereocenters. The van der Waals surface area contributed by atoms with E-state index >= 15 is 0 Å². The van der Waals surface area contributed by atoms with Crippen LogP contribution >= 0.6 is 0 Å². The quantitative estimate of drug-likeness (QED) is 0.272. The summed E-state index contributed by atoms with van der Waals surface area (Å²) in [6.45, 7) is 6.10. The number of ether oxygens (including phenoxy) is 2. The Morgan fingerprint density at radius 3 is 2.12 bits per heavy atom. The Hall–Kier alpha value is -1.88. The number of hydrogen-bond donors (Lipinski definition) is 0. The maximum absolute atomic E-state index is 6.05. The summed E-state index contributed by atoms with van der Waals surface area (Å²) in [5.41, 5.74) is 0. The fourth-order valence-electron chi connectivity index (χ4n) is 5.08. The van der Waals surface area contributed by atoms with Gasteiger partial charge in [0.15, 0.2) is 0 Å². The molecule has 0 spiro atoms. The molecule has 176 valence electrons. The number of hydrogen-bond acceptors (Lipinski definition) is 2. The Bertz CT molecular complexity index is 707. The molecule has 1 aromatic rings. The van der Waals surface area contributed by atoms with Crippen molar-refractivity contribution in [2.24, 2.45) is 23.7 Å². The molecule has 0 aromatic heterocycles. The molecule has 0 saturated heterocycles. The standard InChI is InChI=1S/C30H44O2/c1-3-5-23-31-29-19-21-30(22-20-29)32-24-28-17-15-27(16-18-28)10-7-6-9-26-13-11-25(8-4-2)12-14-26/h6,9,19-22,25-28H,3-5,8,11-18,23-24H2,1-2H3. The van der Waals surface area contributed by atoms with Crippen LogP contribution in [-0.4, -0.2) is 13.2 Å². The van der Waals surface area contributed by atoms with Gasteiger partial charge in [0, 0.05) is 5.92 Å². The first kappa shape index (κ1) is 24.8. The highest BCUT2D eigenvalue weighted by Gasteiger charge is 2.21. The van der Waals surface area contributed by atoms with E-state index in [-0.39, 0.29) is 0 Å². The fraction of sp³-hybridized carbons (Fsp3) is 0.667. The van der Waals surface area contributed by atoms with Crippen molar-refractivity contribution in [3.8, 4) is 23.3 Å². The summed E-state index contributed by atoms with van der Waals surface area (Å²) in [5.74, 6) is 11.7.